The van der Waals surface area contributed by atoms with Gasteiger partial charge in [0.15, 0.2) is 0 Å². The maximum Gasteiger partial charge on any atom is 0.0704 e. The predicted octanol–water partition coefficient (Wildman–Crippen LogP) is 4.76. The molecule has 0 saturated carbocycles. The summed E-state index contributed by atoms with van der Waals surface area (Å²) < 4.78 is 3.10. The number of hydrogen-bond donors (Lipinski definition) is 1. The molecule has 0 aliphatic carbocycles. The molecule has 1 aromatic carbocycles. The van der Waals surface area contributed by atoms with Crippen molar-refractivity contribution in [2.75, 3.05) is 12.3 Å². The Kier molecular flexibility index (Phi) is 6.61. The van der Waals surface area contributed by atoms with Crippen molar-refractivity contribution in [1.82, 2.24) is 15.1 Å². The average Bonchev–Trinajstić information content (AvgIpc) is 2.84. The third kappa shape index (κ3) is 4.49. The second kappa shape index (κ2) is 8.22. The Hall–Kier alpha value is -0.490. The first kappa shape index (κ1) is 16.9. The van der Waals surface area contributed by atoms with E-state index >= 15 is 0 Å². The lowest BCUT2D eigenvalue weighted by Crippen LogP contribution is -2.26. The van der Waals surface area contributed by atoms with E-state index in [4.69, 9.17) is 11.6 Å². The van der Waals surface area contributed by atoms with E-state index in [2.05, 4.69) is 46.3 Å². The lowest BCUT2D eigenvalue weighted by molar-refractivity contribution is 0.525. The molecule has 6 heteroatoms. The summed E-state index contributed by atoms with van der Waals surface area (Å²) in [6.45, 7) is 6.01. The molecular weight excluding hydrogens is 370 g/mol. The summed E-state index contributed by atoms with van der Waals surface area (Å²) in [7, 11) is 0. The summed E-state index contributed by atoms with van der Waals surface area (Å²) in [5.74, 6) is 0.929. The Bertz CT molecular complexity index is 588. The zero-order chi connectivity index (χ0) is 15.2. The van der Waals surface area contributed by atoms with Crippen LogP contribution in [0.3, 0.4) is 0 Å². The summed E-state index contributed by atoms with van der Waals surface area (Å²) in [4.78, 5) is 1.18. The Morgan fingerprint density at radius 1 is 1.43 bits per heavy atom. The van der Waals surface area contributed by atoms with Crippen molar-refractivity contribution in [2.45, 2.75) is 31.3 Å². The zero-order valence-electron chi connectivity index (χ0n) is 12.1. The fourth-order valence-corrected chi connectivity index (χ4v) is 4.04. The van der Waals surface area contributed by atoms with E-state index in [-0.39, 0.29) is 6.04 Å². The molecule has 3 nitrogen and oxygen atoms in total. The highest BCUT2D eigenvalue weighted by molar-refractivity contribution is 9.10. The molecule has 2 rings (SSSR count). The van der Waals surface area contributed by atoms with Gasteiger partial charge in [0.25, 0.3) is 0 Å². The third-order valence-corrected chi connectivity index (χ3v) is 5.06. The minimum absolute atomic E-state index is 0.246. The van der Waals surface area contributed by atoms with Crippen LogP contribution in [-0.4, -0.2) is 22.1 Å². The fourth-order valence-electron chi connectivity index (χ4n) is 2.19. The van der Waals surface area contributed by atoms with Gasteiger partial charge in [-0.05, 0) is 47.6 Å². The minimum atomic E-state index is 0.246. The second-order valence-corrected chi connectivity index (χ2v) is 6.96. The summed E-state index contributed by atoms with van der Waals surface area (Å²) in [5.41, 5.74) is 1.20. The summed E-state index contributed by atoms with van der Waals surface area (Å²) in [6, 6.07) is 8.22. The van der Waals surface area contributed by atoms with Crippen LogP contribution in [0.4, 0.5) is 0 Å². The molecule has 1 unspecified atom stereocenters. The standard InChI is InChI=1S/C15H19BrClN3S/c1-3-18-14(15-13(16)9-19-20(15)4-2)10-21-12-7-5-6-11(17)8-12/h5-9,14,18H,3-4,10H2,1-2H3. The number of aryl methyl sites for hydroxylation is 1. The molecular formula is C15H19BrClN3S. The van der Waals surface area contributed by atoms with Crippen LogP contribution in [0.5, 0.6) is 0 Å². The molecule has 21 heavy (non-hydrogen) atoms. The van der Waals surface area contributed by atoms with Gasteiger partial charge in [0.1, 0.15) is 0 Å². The Morgan fingerprint density at radius 3 is 2.90 bits per heavy atom. The topological polar surface area (TPSA) is 29.9 Å². The van der Waals surface area contributed by atoms with Crippen LogP contribution in [0.25, 0.3) is 0 Å². The van der Waals surface area contributed by atoms with Gasteiger partial charge in [0.2, 0.25) is 0 Å². The number of nitrogens with zero attached hydrogens (tertiary/aromatic N) is 2. The SMILES string of the molecule is CCNC(CSc1cccc(Cl)c1)c1c(Br)cnn1CC. The first-order valence-electron chi connectivity index (χ1n) is 6.98. The molecule has 0 amide bonds. The van der Waals surface area contributed by atoms with Gasteiger partial charge in [-0.2, -0.15) is 5.10 Å². The van der Waals surface area contributed by atoms with Crippen molar-refractivity contribution in [3.63, 3.8) is 0 Å². The fraction of sp³-hybridized carbons (Fsp3) is 0.400. The van der Waals surface area contributed by atoms with Crippen molar-refractivity contribution in [3.8, 4) is 0 Å². The molecule has 1 heterocycles. The molecule has 0 saturated heterocycles. The molecule has 1 atom stereocenters. The van der Waals surface area contributed by atoms with Gasteiger partial charge in [0, 0.05) is 22.2 Å². The first-order valence-corrected chi connectivity index (χ1v) is 9.14. The third-order valence-electron chi connectivity index (χ3n) is 3.13. The number of rotatable bonds is 7. The molecule has 0 aliphatic rings. The summed E-state index contributed by atoms with van der Waals surface area (Å²) in [5, 5.41) is 8.72. The lowest BCUT2D eigenvalue weighted by atomic mass is 10.2. The van der Waals surface area contributed by atoms with E-state index in [0.29, 0.717) is 0 Å². The number of nitrogens with one attached hydrogen (secondary N) is 1. The van der Waals surface area contributed by atoms with E-state index in [1.165, 1.54) is 10.6 Å². The molecule has 0 bridgehead atoms. The van der Waals surface area contributed by atoms with Crippen LogP contribution in [0.1, 0.15) is 25.6 Å². The Balaban J connectivity index is 2.14. The highest BCUT2D eigenvalue weighted by Gasteiger charge is 2.19. The van der Waals surface area contributed by atoms with Crippen LogP contribution < -0.4 is 5.32 Å². The predicted molar refractivity (Wildman–Crippen MR) is 94.2 cm³/mol. The second-order valence-electron chi connectivity index (χ2n) is 4.57. The van der Waals surface area contributed by atoms with Crippen molar-refractivity contribution in [1.29, 1.82) is 0 Å². The van der Waals surface area contributed by atoms with Gasteiger partial charge in [0.05, 0.1) is 22.4 Å². The Labute approximate surface area is 143 Å². The van der Waals surface area contributed by atoms with Crippen molar-refractivity contribution in [2.24, 2.45) is 0 Å². The molecule has 0 fully saturated rings. The van der Waals surface area contributed by atoms with Gasteiger partial charge >= 0.3 is 0 Å². The van der Waals surface area contributed by atoms with Gasteiger partial charge < -0.3 is 5.32 Å². The van der Waals surface area contributed by atoms with E-state index in [9.17, 15) is 0 Å². The van der Waals surface area contributed by atoms with Gasteiger partial charge in [-0.1, -0.05) is 24.6 Å². The van der Waals surface area contributed by atoms with Gasteiger partial charge in [-0.15, -0.1) is 11.8 Å². The summed E-state index contributed by atoms with van der Waals surface area (Å²) in [6.07, 6.45) is 1.87. The Morgan fingerprint density at radius 2 is 2.24 bits per heavy atom. The van der Waals surface area contributed by atoms with Crippen LogP contribution in [0.15, 0.2) is 39.8 Å². The molecule has 114 valence electrons. The number of thioether (sulfide) groups is 1. The highest BCUT2D eigenvalue weighted by atomic mass is 79.9. The molecule has 0 radical (unpaired) electrons. The number of benzene rings is 1. The molecule has 2 aromatic rings. The number of aromatic nitrogens is 2. The molecule has 0 spiro atoms. The summed E-state index contributed by atoms with van der Waals surface area (Å²) >= 11 is 11.5. The number of hydrogen-bond acceptors (Lipinski definition) is 3. The van der Waals surface area contributed by atoms with E-state index in [0.717, 1.165) is 28.3 Å². The van der Waals surface area contributed by atoms with Gasteiger partial charge in [-0.3, -0.25) is 4.68 Å². The minimum Gasteiger partial charge on any atom is -0.308 e. The quantitative estimate of drug-likeness (QED) is 0.693. The average molecular weight is 389 g/mol. The van der Waals surface area contributed by atoms with Crippen molar-refractivity contribution < 1.29 is 0 Å². The zero-order valence-corrected chi connectivity index (χ0v) is 15.3. The van der Waals surface area contributed by atoms with Crippen LogP contribution in [0.2, 0.25) is 5.02 Å². The largest absolute Gasteiger partial charge is 0.308 e. The normalized spacial score (nSPS) is 12.6. The van der Waals surface area contributed by atoms with Gasteiger partial charge in [-0.25, -0.2) is 0 Å². The highest BCUT2D eigenvalue weighted by Crippen LogP contribution is 2.30. The van der Waals surface area contributed by atoms with Crippen LogP contribution in [-0.2, 0) is 6.54 Å². The monoisotopic (exact) mass is 387 g/mol. The number of halogens is 2. The van der Waals surface area contributed by atoms with Crippen LogP contribution >= 0.6 is 39.3 Å². The lowest BCUT2D eigenvalue weighted by Gasteiger charge is -2.19. The van der Waals surface area contributed by atoms with E-state index < -0.39 is 0 Å². The molecule has 1 N–H and O–H groups in total. The maximum atomic E-state index is 6.04. The van der Waals surface area contributed by atoms with E-state index in [1.807, 2.05) is 29.1 Å². The molecule has 1 aromatic heterocycles. The first-order chi connectivity index (χ1) is 10.2. The van der Waals surface area contributed by atoms with Crippen molar-refractivity contribution >= 4 is 39.3 Å². The van der Waals surface area contributed by atoms with E-state index in [1.54, 1.807) is 11.8 Å². The van der Waals surface area contributed by atoms with Crippen LogP contribution in [0, 0.1) is 0 Å². The molecule has 0 aliphatic heterocycles. The maximum absolute atomic E-state index is 6.04. The van der Waals surface area contributed by atoms with Crippen molar-refractivity contribution in [3.05, 3.63) is 45.7 Å². The smallest absolute Gasteiger partial charge is 0.0704 e.